The van der Waals surface area contributed by atoms with Gasteiger partial charge in [-0.2, -0.15) is 0 Å². The smallest absolute Gasteiger partial charge is 0.453 e. The van der Waals surface area contributed by atoms with E-state index in [0.717, 1.165) is 11.9 Å². The Kier molecular flexibility index (Phi) is 7.03. The number of pyridine rings is 1. The molecule has 2 fully saturated rings. The molecule has 1 aromatic heterocycles. The van der Waals surface area contributed by atoms with Gasteiger partial charge in [0, 0.05) is 29.2 Å². The molecule has 2 amide bonds. The van der Waals surface area contributed by atoms with Gasteiger partial charge in [0.1, 0.15) is 6.04 Å². The van der Waals surface area contributed by atoms with Gasteiger partial charge in [-0.3, -0.25) is 9.59 Å². The maximum absolute atomic E-state index is 13.8. The molecule has 2 aromatic carbocycles. The lowest BCUT2D eigenvalue weighted by Gasteiger charge is -2.32. The molecule has 0 bridgehead atoms. The largest absolute Gasteiger partial charge is 0.494 e. The van der Waals surface area contributed by atoms with Crippen molar-refractivity contribution in [3.8, 4) is 0 Å². The number of aromatic nitrogens is 1. The number of nitrogens with zero attached hydrogens (tertiary/aromatic N) is 1. The Balaban J connectivity index is 1.44. The minimum atomic E-state index is -0.908. The van der Waals surface area contributed by atoms with Gasteiger partial charge < -0.3 is 29.2 Å². The van der Waals surface area contributed by atoms with Crippen LogP contribution in [0.4, 0.5) is 4.79 Å². The summed E-state index contributed by atoms with van der Waals surface area (Å²) < 4.78 is 17.1. The lowest BCUT2D eigenvalue weighted by atomic mass is 9.78. The molecule has 9 nitrogen and oxygen atoms in total. The molecule has 10 heteroatoms. The maximum Gasteiger partial charge on any atom is 0.494 e. The Bertz CT molecular complexity index is 1440. The van der Waals surface area contributed by atoms with E-state index in [0.29, 0.717) is 35.1 Å². The minimum Gasteiger partial charge on any atom is -0.453 e. The van der Waals surface area contributed by atoms with E-state index in [-0.39, 0.29) is 17.4 Å². The Morgan fingerprint density at radius 3 is 2.44 bits per heavy atom. The summed E-state index contributed by atoms with van der Waals surface area (Å²) in [5.74, 6) is -0.258. The van der Waals surface area contributed by atoms with Crippen LogP contribution in [0.25, 0.3) is 10.9 Å². The maximum atomic E-state index is 13.8. The molecule has 2 atom stereocenters. The van der Waals surface area contributed by atoms with E-state index in [9.17, 15) is 14.4 Å². The van der Waals surface area contributed by atoms with E-state index in [1.165, 1.54) is 7.11 Å². The number of H-pyrrole nitrogens is 1. The molecule has 0 saturated carbocycles. The number of ether oxygens (including phenoxy) is 1. The monoisotopic (exact) mass is 531 g/mol. The highest BCUT2D eigenvalue weighted by Gasteiger charge is 2.51. The number of methoxy groups -OCH3 is 1. The number of alkyl carbamates (subject to hydrolysis) is 1. The third kappa shape index (κ3) is 5.06. The Morgan fingerprint density at radius 1 is 1.08 bits per heavy atom. The fourth-order valence-electron chi connectivity index (χ4n) is 5.22. The summed E-state index contributed by atoms with van der Waals surface area (Å²) in [6.45, 7) is 8.47. The zero-order valence-electron chi connectivity index (χ0n) is 22.9. The highest BCUT2D eigenvalue weighted by atomic mass is 16.7. The summed E-state index contributed by atoms with van der Waals surface area (Å²) in [6.07, 6.45) is 0.778. The summed E-state index contributed by atoms with van der Waals surface area (Å²) in [6, 6.07) is 14.9. The van der Waals surface area contributed by atoms with Gasteiger partial charge in [0.05, 0.1) is 24.4 Å². The number of carbonyl (C=O) groups excluding carboxylic acids is 2. The molecule has 2 aliphatic rings. The van der Waals surface area contributed by atoms with Crippen LogP contribution >= 0.6 is 0 Å². The number of likely N-dealkylation sites (tertiary alicyclic amines) is 1. The van der Waals surface area contributed by atoms with Crippen molar-refractivity contribution in [1.82, 2.24) is 15.2 Å². The van der Waals surface area contributed by atoms with Crippen molar-refractivity contribution in [3.63, 3.8) is 0 Å². The van der Waals surface area contributed by atoms with Crippen molar-refractivity contribution in [3.05, 3.63) is 76.1 Å². The van der Waals surface area contributed by atoms with Crippen molar-refractivity contribution in [2.75, 3.05) is 13.7 Å². The third-order valence-electron chi connectivity index (χ3n) is 8.12. The van der Waals surface area contributed by atoms with Crippen LogP contribution < -0.4 is 16.2 Å². The van der Waals surface area contributed by atoms with E-state index in [1.807, 2.05) is 64.1 Å². The number of amides is 2. The Hall–Kier alpha value is -3.63. The van der Waals surface area contributed by atoms with Crippen molar-refractivity contribution >= 4 is 35.5 Å². The number of benzene rings is 2. The fourth-order valence-corrected chi connectivity index (χ4v) is 5.22. The molecule has 39 heavy (non-hydrogen) atoms. The van der Waals surface area contributed by atoms with Crippen LogP contribution in [0.2, 0.25) is 0 Å². The molecule has 3 heterocycles. The van der Waals surface area contributed by atoms with E-state index in [4.69, 9.17) is 14.0 Å². The molecule has 0 unspecified atom stereocenters. The molecular formula is C29H34BN3O6. The highest BCUT2D eigenvalue weighted by molar-refractivity contribution is 6.62. The van der Waals surface area contributed by atoms with Gasteiger partial charge in [0.15, 0.2) is 5.43 Å². The topological polar surface area (TPSA) is 110 Å². The lowest BCUT2D eigenvalue weighted by molar-refractivity contribution is -0.134. The number of carbonyl (C=O) groups is 2. The summed E-state index contributed by atoms with van der Waals surface area (Å²) >= 11 is 0. The highest BCUT2D eigenvalue weighted by Crippen LogP contribution is 2.37. The fraction of sp³-hybridized carbons (Fsp3) is 0.414. The van der Waals surface area contributed by atoms with Gasteiger partial charge in [-0.15, -0.1) is 0 Å². The molecule has 2 aliphatic heterocycles. The van der Waals surface area contributed by atoms with Crippen LogP contribution in [-0.2, 0) is 18.8 Å². The molecule has 3 aromatic rings. The van der Waals surface area contributed by atoms with Gasteiger partial charge >= 0.3 is 13.2 Å². The van der Waals surface area contributed by atoms with E-state index < -0.39 is 30.5 Å². The van der Waals surface area contributed by atoms with Crippen molar-refractivity contribution < 1.29 is 23.6 Å². The second kappa shape index (κ2) is 10.2. The quantitative estimate of drug-likeness (QED) is 0.487. The number of hydrogen-bond donors (Lipinski definition) is 2. The number of fused-ring (bicyclic) bond motifs is 1. The molecule has 0 spiro atoms. The molecule has 0 radical (unpaired) electrons. The summed E-state index contributed by atoms with van der Waals surface area (Å²) in [7, 11) is 0.692. The van der Waals surface area contributed by atoms with Crippen molar-refractivity contribution in [2.24, 2.45) is 0 Å². The van der Waals surface area contributed by atoms with Gasteiger partial charge in [-0.1, -0.05) is 36.4 Å². The second-order valence-electron chi connectivity index (χ2n) is 11.2. The van der Waals surface area contributed by atoms with Crippen LogP contribution in [0.3, 0.4) is 0 Å². The first-order valence-corrected chi connectivity index (χ1v) is 13.2. The minimum absolute atomic E-state index is 0.149. The molecule has 2 N–H and O–H groups in total. The van der Waals surface area contributed by atoms with E-state index in [2.05, 4.69) is 10.3 Å². The predicted molar refractivity (Wildman–Crippen MR) is 149 cm³/mol. The summed E-state index contributed by atoms with van der Waals surface area (Å²) in [4.78, 5) is 44.3. The number of aromatic amines is 1. The second-order valence-corrected chi connectivity index (χ2v) is 11.2. The van der Waals surface area contributed by atoms with Crippen molar-refractivity contribution in [2.45, 2.75) is 63.8 Å². The molecular weight excluding hydrogens is 497 g/mol. The molecule has 0 aliphatic carbocycles. The van der Waals surface area contributed by atoms with Gasteiger partial charge in [-0.25, -0.2) is 4.79 Å². The van der Waals surface area contributed by atoms with Crippen LogP contribution in [-0.4, -0.2) is 53.9 Å². The number of hydrogen-bond acceptors (Lipinski definition) is 6. The summed E-state index contributed by atoms with van der Waals surface area (Å²) in [5.41, 5.74) is 1.64. The molecule has 2 saturated heterocycles. The number of rotatable bonds is 5. The average Bonchev–Trinajstić information content (AvgIpc) is 3.48. The zero-order chi connectivity index (χ0) is 27.9. The van der Waals surface area contributed by atoms with Crippen LogP contribution in [0, 0.1) is 0 Å². The van der Waals surface area contributed by atoms with Crippen molar-refractivity contribution in [1.29, 1.82) is 0 Å². The molecule has 5 rings (SSSR count). The van der Waals surface area contributed by atoms with Gasteiger partial charge in [-0.05, 0) is 63.7 Å². The first kappa shape index (κ1) is 27.0. The van der Waals surface area contributed by atoms with Crippen LogP contribution in [0.5, 0.6) is 0 Å². The summed E-state index contributed by atoms with van der Waals surface area (Å²) in [5, 5.41) is 3.19. The zero-order valence-corrected chi connectivity index (χ0v) is 22.9. The first-order valence-electron chi connectivity index (χ1n) is 13.2. The van der Waals surface area contributed by atoms with Crippen LogP contribution in [0.15, 0.2) is 59.4 Å². The number of nitrogens with one attached hydrogen (secondary N) is 2. The van der Waals surface area contributed by atoms with E-state index >= 15 is 0 Å². The lowest BCUT2D eigenvalue weighted by Crippen LogP contribution is -2.43. The Morgan fingerprint density at radius 2 is 1.77 bits per heavy atom. The van der Waals surface area contributed by atoms with E-state index in [1.54, 1.807) is 23.1 Å². The van der Waals surface area contributed by atoms with Gasteiger partial charge in [0.25, 0.3) is 0 Å². The predicted octanol–water partition coefficient (Wildman–Crippen LogP) is 3.59. The third-order valence-corrected chi connectivity index (χ3v) is 8.12. The molecule has 204 valence electrons. The standard InChI is InChI=1S/C29H34BN3O6/c1-28(2)29(3,4)39-30(38-28)19-13-14-21-20(16-19)24(34)17-22(31-21)23-12-9-15-33(23)26(35)25(32-27(36)37-5)18-10-7-6-8-11-18/h6-8,10-11,13-14,16-17,23,25H,9,12,15H2,1-5H3,(H,31,34)(H,32,36)/t23-,25-/m0/s1. The van der Waals surface area contributed by atoms with Gasteiger partial charge in [0.2, 0.25) is 5.91 Å². The van der Waals surface area contributed by atoms with Crippen LogP contribution in [0.1, 0.15) is 63.9 Å². The first-order chi connectivity index (χ1) is 18.5. The SMILES string of the molecule is COC(=O)N[C@H](C(=O)N1CCC[C@H]1c1cc(=O)c2cc(B3OC(C)(C)C(C)(C)O3)ccc2[nH]1)c1ccccc1. The average molecular weight is 531 g/mol. The Labute approximate surface area is 228 Å². The normalized spacial score (nSPS) is 20.7.